The van der Waals surface area contributed by atoms with Crippen molar-refractivity contribution in [1.82, 2.24) is 9.97 Å². The first kappa shape index (κ1) is 14.4. The zero-order valence-corrected chi connectivity index (χ0v) is 13.5. The van der Waals surface area contributed by atoms with Crippen LogP contribution in [0, 0.1) is 13.8 Å². The van der Waals surface area contributed by atoms with Crippen LogP contribution in [0.1, 0.15) is 21.8 Å². The molecular weight excluding hydrogens is 304 g/mol. The fraction of sp³-hybridized carbons (Fsp3) is 0.250. The van der Waals surface area contributed by atoms with Crippen LogP contribution >= 0.6 is 22.9 Å². The summed E-state index contributed by atoms with van der Waals surface area (Å²) in [7, 11) is 0. The molecule has 0 radical (unpaired) electrons. The Morgan fingerprint density at radius 2 is 1.86 bits per heavy atom. The second-order valence-corrected chi connectivity index (χ2v) is 6.43. The third-order valence-corrected chi connectivity index (χ3v) is 4.75. The number of fused-ring (bicyclic) bond motifs is 1. The molecule has 0 bridgehead atoms. The molecule has 2 aromatic heterocycles. The predicted octanol–water partition coefficient (Wildman–Crippen LogP) is 4.68. The third-order valence-electron chi connectivity index (χ3n) is 3.37. The van der Waals surface area contributed by atoms with Crippen molar-refractivity contribution in [2.75, 3.05) is 0 Å². The maximum atomic E-state index is 6.28. The summed E-state index contributed by atoms with van der Waals surface area (Å²) in [6, 6.07) is 10.0. The summed E-state index contributed by atoms with van der Waals surface area (Å²) in [5, 5.41) is 1.48. The first-order valence-electron chi connectivity index (χ1n) is 6.69. The van der Waals surface area contributed by atoms with Crippen molar-refractivity contribution in [2.24, 2.45) is 0 Å². The van der Waals surface area contributed by atoms with Crippen LogP contribution in [0.25, 0.3) is 10.2 Å². The minimum absolute atomic E-state index is 0.362. The van der Waals surface area contributed by atoms with Gasteiger partial charge in [-0.1, -0.05) is 41.9 Å². The number of benzene rings is 1. The Morgan fingerprint density at radius 1 is 1.10 bits per heavy atom. The molecule has 3 aromatic rings. The number of halogens is 1. The summed E-state index contributed by atoms with van der Waals surface area (Å²) < 4.78 is 5.67. The molecule has 0 aliphatic carbocycles. The smallest absolute Gasteiger partial charge is 0.157 e. The molecule has 0 aliphatic rings. The van der Waals surface area contributed by atoms with Crippen molar-refractivity contribution in [3.8, 4) is 0 Å². The van der Waals surface area contributed by atoms with Gasteiger partial charge in [0.15, 0.2) is 5.82 Å². The number of nitrogens with zero attached hydrogens (tertiary/aromatic N) is 2. The predicted molar refractivity (Wildman–Crippen MR) is 86.8 cm³/mol. The van der Waals surface area contributed by atoms with Crippen molar-refractivity contribution in [1.29, 1.82) is 0 Å². The highest BCUT2D eigenvalue weighted by Gasteiger charge is 2.13. The van der Waals surface area contributed by atoms with Gasteiger partial charge in [-0.25, -0.2) is 9.97 Å². The van der Waals surface area contributed by atoms with Crippen LogP contribution < -0.4 is 0 Å². The summed E-state index contributed by atoms with van der Waals surface area (Å²) in [5.41, 5.74) is 2.30. The van der Waals surface area contributed by atoms with Crippen molar-refractivity contribution < 1.29 is 4.74 Å². The molecule has 3 nitrogen and oxygen atoms in total. The molecule has 108 valence electrons. The van der Waals surface area contributed by atoms with Gasteiger partial charge in [0.2, 0.25) is 0 Å². The summed E-state index contributed by atoms with van der Waals surface area (Å²) >= 11 is 7.92. The third kappa shape index (κ3) is 3.07. The molecule has 0 saturated carbocycles. The van der Waals surface area contributed by atoms with Crippen LogP contribution in [0.5, 0.6) is 0 Å². The van der Waals surface area contributed by atoms with Gasteiger partial charge >= 0.3 is 0 Å². The Balaban J connectivity index is 1.76. The van der Waals surface area contributed by atoms with Crippen molar-refractivity contribution in [3.05, 3.63) is 57.3 Å². The average Bonchev–Trinajstić information content (AvgIpc) is 2.75. The van der Waals surface area contributed by atoms with E-state index in [1.807, 2.05) is 30.3 Å². The molecule has 3 rings (SSSR count). The number of rotatable bonds is 4. The minimum atomic E-state index is 0.362. The summed E-state index contributed by atoms with van der Waals surface area (Å²) in [4.78, 5) is 11.0. The second-order valence-electron chi connectivity index (χ2n) is 4.87. The lowest BCUT2D eigenvalue weighted by Gasteiger charge is -2.04. The summed E-state index contributed by atoms with van der Waals surface area (Å²) in [6.45, 7) is 5.03. The number of ether oxygens (including phenoxy) is 1. The van der Waals surface area contributed by atoms with Gasteiger partial charge < -0.3 is 4.74 Å². The number of thiophene rings is 1. The van der Waals surface area contributed by atoms with Gasteiger partial charge in [-0.15, -0.1) is 11.3 Å². The Kier molecular flexibility index (Phi) is 4.19. The van der Waals surface area contributed by atoms with Crippen LogP contribution in [0.4, 0.5) is 0 Å². The first-order valence-corrected chi connectivity index (χ1v) is 7.88. The highest BCUT2D eigenvalue weighted by Crippen LogP contribution is 2.32. The highest BCUT2D eigenvalue weighted by atomic mass is 35.5. The van der Waals surface area contributed by atoms with E-state index in [9.17, 15) is 0 Å². The lowest BCUT2D eigenvalue weighted by Crippen LogP contribution is -2.00. The molecule has 0 aliphatic heterocycles. The molecule has 0 saturated heterocycles. The van der Waals surface area contributed by atoms with Crippen LogP contribution in [-0.4, -0.2) is 9.97 Å². The standard InChI is InChI=1S/C16H15ClN2OS/c1-10-11(2)21-16-14(10)15(17)18-13(19-16)9-20-8-12-6-4-3-5-7-12/h3-7H,8-9H2,1-2H3. The zero-order valence-electron chi connectivity index (χ0n) is 11.9. The Labute approximate surface area is 132 Å². The fourth-order valence-electron chi connectivity index (χ4n) is 2.14. The number of aromatic nitrogens is 2. The van der Waals surface area contributed by atoms with E-state index in [2.05, 4.69) is 23.8 Å². The number of aryl methyl sites for hydroxylation is 2. The van der Waals surface area contributed by atoms with Gasteiger partial charge in [0.05, 0.1) is 12.0 Å². The van der Waals surface area contributed by atoms with Gasteiger partial charge in [0.1, 0.15) is 16.6 Å². The van der Waals surface area contributed by atoms with Gasteiger partial charge in [0.25, 0.3) is 0 Å². The SMILES string of the molecule is Cc1sc2nc(COCc3ccccc3)nc(Cl)c2c1C. The zero-order chi connectivity index (χ0) is 14.8. The first-order chi connectivity index (χ1) is 10.1. The van der Waals surface area contributed by atoms with Crippen molar-refractivity contribution in [3.63, 3.8) is 0 Å². The fourth-order valence-corrected chi connectivity index (χ4v) is 3.57. The van der Waals surface area contributed by atoms with Crippen LogP contribution in [-0.2, 0) is 18.0 Å². The van der Waals surface area contributed by atoms with E-state index in [-0.39, 0.29) is 0 Å². The Morgan fingerprint density at radius 3 is 2.62 bits per heavy atom. The summed E-state index contributed by atoms with van der Waals surface area (Å²) in [6.07, 6.45) is 0. The molecule has 0 spiro atoms. The summed E-state index contributed by atoms with van der Waals surface area (Å²) in [5.74, 6) is 0.629. The number of hydrogen-bond donors (Lipinski definition) is 0. The number of hydrogen-bond acceptors (Lipinski definition) is 4. The monoisotopic (exact) mass is 318 g/mol. The molecule has 5 heteroatoms. The maximum absolute atomic E-state index is 6.28. The van der Waals surface area contributed by atoms with E-state index in [0.717, 1.165) is 21.3 Å². The highest BCUT2D eigenvalue weighted by molar-refractivity contribution is 7.18. The van der Waals surface area contributed by atoms with E-state index in [1.165, 1.54) is 4.88 Å². The van der Waals surface area contributed by atoms with Crippen molar-refractivity contribution >= 4 is 33.2 Å². The Bertz CT molecular complexity index is 771. The molecule has 21 heavy (non-hydrogen) atoms. The van der Waals surface area contributed by atoms with Crippen LogP contribution in [0.2, 0.25) is 5.15 Å². The van der Waals surface area contributed by atoms with E-state index in [0.29, 0.717) is 24.2 Å². The Hall–Kier alpha value is -1.49. The molecule has 0 amide bonds. The normalized spacial score (nSPS) is 11.2. The van der Waals surface area contributed by atoms with E-state index >= 15 is 0 Å². The van der Waals surface area contributed by atoms with E-state index in [4.69, 9.17) is 16.3 Å². The molecule has 0 atom stereocenters. The molecule has 2 heterocycles. The molecular formula is C16H15ClN2OS. The second kappa shape index (κ2) is 6.10. The lowest BCUT2D eigenvalue weighted by atomic mass is 10.2. The molecule has 0 N–H and O–H groups in total. The van der Waals surface area contributed by atoms with E-state index in [1.54, 1.807) is 11.3 Å². The van der Waals surface area contributed by atoms with Gasteiger partial charge in [0, 0.05) is 4.88 Å². The minimum Gasteiger partial charge on any atom is -0.369 e. The quantitative estimate of drug-likeness (QED) is 0.655. The van der Waals surface area contributed by atoms with Crippen molar-refractivity contribution in [2.45, 2.75) is 27.1 Å². The largest absolute Gasteiger partial charge is 0.369 e. The van der Waals surface area contributed by atoms with Gasteiger partial charge in [-0.05, 0) is 25.0 Å². The molecule has 1 aromatic carbocycles. The van der Waals surface area contributed by atoms with Gasteiger partial charge in [-0.2, -0.15) is 0 Å². The maximum Gasteiger partial charge on any atom is 0.157 e. The average molecular weight is 319 g/mol. The van der Waals surface area contributed by atoms with Crippen LogP contribution in [0.15, 0.2) is 30.3 Å². The molecule has 0 fully saturated rings. The lowest BCUT2D eigenvalue weighted by molar-refractivity contribution is 0.102. The topological polar surface area (TPSA) is 35.0 Å². The van der Waals surface area contributed by atoms with Crippen LogP contribution in [0.3, 0.4) is 0 Å². The van der Waals surface area contributed by atoms with E-state index < -0.39 is 0 Å². The van der Waals surface area contributed by atoms with Gasteiger partial charge in [-0.3, -0.25) is 0 Å². The molecule has 0 unspecified atom stereocenters.